The average Bonchev–Trinajstić information content (AvgIpc) is 2.58. The van der Waals surface area contributed by atoms with Crippen molar-refractivity contribution < 1.29 is 26.0 Å². The molecular formula is C18H16F4N2O2S. The predicted octanol–water partition coefficient (Wildman–Crippen LogP) is 4.64. The molecule has 0 aliphatic rings. The van der Waals surface area contributed by atoms with Gasteiger partial charge < -0.3 is 0 Å². The van der Waals surface area contributed by atoms with Crippen LogP contribution in [0.4, 0.5) is 23.2 Å². The normalized spacial score (nSPS) is 12.7. The van der Waals surface area contributed by atoms with Gasteiger partial charge >= 0.3 is 6.18 Å². The third-order valence-electron chi connectivity index (χ3n) is 3.60. The molecular weight excluding hydrogens is 384 g/mol. The zero-order chi connectivity index (χ0) is 20.4. The van der Waals surface area contributed by atoms with Crippen molar-refractivity contribution in [1.82, 2.24) is 0 Å². The second-order valence-electron chi connectivity index (χ2n) is 5.71. The number of halogens is 4. The van der Waals surface area contributed by atoms with Crippen molar-refractivity contribution in [3.8, 4) is 0 Å². The third kappa shape index (κ3) is 5.16. The van der Waals surface area contributed by atoms with Gasteiger partial charge in [0.2, 0.25) is 0 Å². The number of hydrazone groups is 1. The number of hydrogen-bond donors (Lipinski definition) is 0. The van der Waals surface area contributed by atoms with Gasteiger partial charge in [-0.1, -0.05) is 6.58 Å². The molecule has 0 aliphatic carbocycles. The first-order valence-corrected chi connectivity index (χ1v) is 9.46. The second kappa shape index (κ2) is 7.51. The summed E-state index contributed by atoms with van der Waals surface area (Å²) in [6.07, 6.45) is -3.64. The van der Waals surface area contributed by atoms with Crippen LogP contribution in [0.1, 0.15) is 12.5 Å². The lowest BCUT2D eigenvalue weighted by molar-refractivity contribution is -0.0594. The standard InChI is InChI=1S/C18H16F4N2O2S/c1-12(14-4-6-15(19)7-5-14)24(23-13(2)18(20,21)22)16-8-10-17(11-9-16)27(3,25)26/h4-11H,1H2,2-3H3/b23-13+. The van der Waals surface area contributed by atoms with Gasteiger partial charge in [-0.15, -0.1) is 0 Å². The Hall–Kier alpha value is -2.68. The van der Waals surface area contributed by atoms with E-state index in [2.05, 4.69) is 11.7 Å². The van der Waals surface area contributed by atoms with E-state index in [1.165, 1.54) is 36.4 Å². The van der Waals surface area contributed by atoms with Crippen LogP contribution < -0.4 is 5.01 Å². The molecule has 0 spiro atoms. The number of benzene rings is 2. The molecule has 9 heteroatoms. The molecule has 0 heterocycles. The summed E-state index contributed by atoms with van der Waals surface area (Å²) in [5.74, 6) is -0.509. The molecule has 0 amide bonds. The Morgan fingerprint density at radius 2 is 1.56 bits per heavy atom. The molecule has 2 aromatic rings. The highest BCUT2D eigenvalue weighted by Crippen LogP contribution is 2.29. The Balaban J connectivity index is 2.53. The average molecular weight is 400 g/mol. The van der Waals surface area contributed by atoms with E-state index in [4.69, 9.17) is 0 Å². The van der Waals surface area contributed by atoms with Crippen LogP contribution in [0.2, 0.25) is 0 Å². The maximum absolute atomic E-state index is 13.1. The van der Waals surface area contributed by atoms with Gasteiger partial charge in [-0.25, -0.2) is 17.8 Å². The maximum atomic E-state index is 13.1. The van der Waals surface area contributed by atoms with Crippen molar-refractivity contribution >= 4 is 26.9 Å². The summed E-state index contributed by atoms with van der Waals surface area (Å²) >= 11 is 0. The molecule has 2 rings (SSSR count). The van der Waals surface area contributed by atoms with Gasteiger partial charge in [0.25, 0.3) is 0 Å². The number of anilines is 1. The van der Waals surface area contributed by atoms with Gasteiger partial charge in [-0.2, -0.15) is 18.3 Å². The van der Waals surface area contributed by atoms with Crippen molar-refractivity contribution in [2.24, 2.45) is 5.10 Å². The van der Waals surface area contributed by atoms with Crippen LogP contribution in [-0.2, 0) is 9.84 Å². The van der Waals surface area contributed by atoms with Crippen molar-refractivity contribution in [3.05, 3.63) is 66.5 Å². The Labute approximate surface area is 154 Å². The number of alkyl halides is 3. The van der Waals surface area contributed by atoms with Crippen LogP contribution in [0, 0.1) is 5.82 Å². The highest BCUT2D eigenvalue weighted by atomic mass is 32.2. The highest BCUT2D eigenvalue weighted by Gasteiger charge is 2.33. The summed E-state index contributed by atoms with van der Waals surface area (Å²) in [6, 6.07) is 10.2. The Bertz CT molecular complexity index is 964. The summed E-state index contributed by atoms with van der Waals surface area (Å²) in [4.78, 5) is 0.00937. The lowest BCUT2D eigenvalue weighted by Gasteiger charge is -2.23. The van der Waals surface area contributed by atoms with Gasteiger partial charge in [0.1, 0.15) is 11.5 Å². The smallest absolute Gasteiger partial charge is 0.234 e. The number of sulfone groups is 1. The van der Waals surface area contributed by atoms with Crippen LogP contribution in [0.15, 0.2) is 65.1 Å². The SMILES string of the molecule is C=C(c1ccc(F)cc1)N(/N=C(\C)C(F)(F)F)c1ccc(S(C)(=O)=O)cc1. The molecule has 4 nitrogen and oxygen atoms in total. The number of hydrogen-bond acceptors (Lipinski definition) is 4. The molecule has 27 heavy (non-hydrogen) atoms. The zero-order valence-corrected chi connectivity index (χ0v) is 15.3. The monoisotopic (exact) mass is 400 g/mol. The van der Waals surface area contributed by atoms with Crippen LogP contribution in [0.5, 0.6) is 0 Å². The summed E-state index contributed by atoms with van der Waals surface area (Å²) < 4.78 is 75.1. The molecule has 0 N–H and O–H groups in total. The first kappa shape index (κ1) is 20.6. The quantitative estimate of drug-likeness (QED) is 0.417. The lowest BCUT2D eigenvalue weighted by atomic mass is 10.1. The first-order valence-electron chi connectivity index (χ1n) is 7.57. The molecule has 0 bridgehead atoms. The third-order valence-corrected chi connectivity index (χ3v) is 4.73. The largest absolute Gasteiger partial charge is 0.430 e. The molecule has 0 radical (unpaired) electrons. The van der Waals surface area contributed by atoms with E-state index in [1.807, 2.05) is 0 Å². The molecule has 0 unspecified atom stereocenters. The van der Waals surface area contributed by atoms with Gasteiger partial charge in [-0.05, 0) is 61.0 Å². The van der Waals surface area contributed by atoms with Crippen LogP contribution in [0.3, 0.4) is 0 Å². The van der Waals surface area contributed by atoms with Crippen molar-refractivity contribution in [3.63, 3.8) is 0 Å². The van der Waals surface area contributed by atoms with Crippen LogP contribution in [-0.4, -0.2) is 26.6 Å². The van der Waals surface area contributed by atoms with Crippen LogP contribution >= 0.6 is 0 Å². The van der Waals surface area contributed by atoms with E-state index >= 15 is 0 Å². The molecule has 0 saturated heterocycles. The Morgan fingerprint density at radius 3 is 2.00 bits per heavy atom. The second-order valence-corrected chi connectivity index (χ2v) is 7.73. The van der Waals surface area contributed by atoms with Gasteiger partial charge in [-0.3, -0.25) is 0 Å². The number of nitrogens with zero attached hydrogens (tertiary/aromatic N) is 2. The summed E-state index contributed by atoms with van der Waals surface area (Å²) in [6.45, 7) is 4.55. The van der Waals surface area contributed by atoms with E-state index in [1.54, 1.807) is 0 Å². The van der Waals surface area contributed by atoms with Crippen molar-refractivity contribution in [2.45, 2.75) is 18.0 Å². The molecule has 0 saturated carbocycles. The van der Waals surface area contributed by atoms with E-state index < -0.39 is 27.5 Å². The Kier molecular flexibility index (Phi) is 5.74. The predicted molar refractivity (Wildman–Crippen MR) is 96.6 cm³/mol. The molecule has 2 aromatic carbocycles. The minimum atomic E-state index is -4.66. The van der Waals surface area contributed by atoms with Crippen molar-refractivity contribution in [1.29, 1.82) is 0 Å². The van der Waals surface area contributed by atoms with Crippen LogP contribution in [0.25, 0.3) is 5.70 Å². The van der Waals surface area contributed by atoms with Gasteiger partial charge in [0.05, 0.1) is 16.3 Å². The highest BCUT2D eigenvalue weighted by molar-refractivity contribution is 7.90. The molecule has 0 fully saturated rings. The topological polar surface area (TPSA) is 49.7 Å². The number of rotatable bonds is 5. The fourth-order valence-electron chi connectivity index (χ4n) is 2.08. The summed E-state index contributed by atoms with van der Waals surface area (Å²) in [5.41, 5.74) is -0.550. The first-order chi connectivity index (χ1) is 12.4. The molecule has 0 atom stereocenters. The van der Waals surface area contributed by atoms with E-state index in [0.717, 1.165) is 30.3 Å². The van der Waals surface area contributed by atoms with E-state index in [0.29, 0.717) is 5.56 Å². The van der Waals surface area contributed by atoms with Crippen molar-refractivity contribution in [2.75, 3.05) is 11.3 Å². The molecule has 0 aromatic heterocycles. The van der Waals surface area contributed by atoms with E-state index in [9.17, 15) is 26.0 Å². The summed E-state index contributed by atoms with van der Waals surface area (Å²) in [5, 5.41) is 4.52. The zero-order valence-electron chi connectivity index (χ0n) is 14.5. The minimum Gasteiger partial charge on any atom is -0.234 e. The molecule has 0 aliphatic heterocycles. The summed E-state index contributed by atoms with van der Waals surface area (Å²) in [7, 11) is -3.47. The maximum Gasteiger partial charge on any atom is 0.430 e. The van der Waals surface area contributed by atoms with E-state index in [-0.39, 0.29) is 16.3 Å². The Morgan fingerprint density at radius 1 is 1.04 bits per heavy atom. The minimum absolute atomic E-state index is 0.00937. The van der Waals surface area contributed by atoms with Gasteiger partial charge in [0.15, 0.2) is 9.84 Å². The van der Waals surface area contributed by atoms with Gasteiger partial charge in [0, 0.05) is 6.26 Å². The fourth-order valence-corrected chi connectivity index (χ4v) is 2.71. The molecule has 144 valence electrons. The lowest BCUT2D eigenvalue weighted by Crippen LogP contribution is -2.25. The fraction of sp³-hybridized carbons (Fsp3) is 0.167.